The van der Waals surface area contributed by atoms with Gasteiger partial charge in [0.2, 0.25) is 0 Å². The van der Waals surface area contributed by atoms with Gasteiger partial charge in [0.25, 0.3) is 0 Å². The van der Waals surface area contributed by atoms with Crippen LogP contribution in [0.5, 0.6) is 0 Å². The topological polar surface area (TPSA) is 29.1 Å². The molecule has 1 atom stereocenters. The molecule has 1 heterocycles. The van der Waals surface area contributed by atoms with E-state index in [1.807, 2.05) is 0 Å². The van der Waals surface area contributed by atoms with Gasteiger partial charge in [-0.1, -0.05) is 18.2 Å². The summed E-state index contributed by atoms with van der Waals surface area (Å²) < 4.78 is 13.2. The number of benzene rings is 1. The van der Waals surface area contributed by atoms with Crippen molar-refractivity contribution in [3.05, 3.63) is 35.6 Å². The molecule has 1 aliphatic rings. The number of hydrogen-bond donors (Lipinski definition) is 1. The van der Waals surface area contributed by atoms with Crippen molar-refractivity contribution in [2.45, 2.75) is 18.9 Å². The number of carbonyl (C=O) groups excluding carboxylic acids is 1. The van der Waals surface area contributed by atoms with Gasteiger partial charge in [0.05, 0.1) is 6.04 Å². The van der Waals surface area contributed by atoms with Gasteiger partial charge in [-0.15, -0.1) is 0 Å². The molecule has 14 heavy (non-hydrogen) atoms. The average molecular weight is 193 g/mol. The van der Waals surface area contributed by atoms with Crippen molar-refractivity contribution in [1.82, 2.24) is 5.32 Å². The lowest BCUT2D eigenvalue weighted by atomic mass is 10.0. The Morgan fingerprint density at radius 3 is 2.86 bits per heavy atom. The first-order chi connectivity index (χ1) is 6.77. The number of ketones is 1. The van der Waals surface area contributed by atoms with Crippen LogP contribution >= 0.6 is 0 Å². The molecule has 74 valence electrons. The highest BCUT2D eigenvalue weighted by molar-refractivity contribution is 5.86. The van der Waals surface area contributed by atoms with Gasteiger partial charge in [-0.05, 0) is 18.1 Å². The van der Waals surface area contributed by atoms with Crippen LogP contribution in [0, 0.1) is 5.82 Å². The zero-order chi connectivity index (χ0) is 9.97. The highest BCUT2D eigenvalue weighted by Crippen LogP contribution is 2.12. The lowest BCUT2D eigenvalue weighted by Crippen LogP contribution is -2.29. The molecule has 2 rings (SSSR count). The van der Waals surface area contributed by atoms with Gasteiger partial charge in [-0.3, -0.25) is 4.79 Å². The molecule has 0 amide bonds. The normalized spacial score (nSPS) is 21.5. The molecule has 1 N–H and O–H groups in total. The molecule has 1 aromatic carbocycles. The quantitative estimate of drug-likeness (QED) is 0.767. The largest absolute Gasteiger partial charge is 0.307 e. The predicted molar refractivity (Wildman–Crippen MR) is 51.5 cm³/mol. The van der Waals surface area contributed by atoms with Crippen LogP contribution in [0.2, 0.25) is 0 Å². The maximum atomic E-state index is 13.2. The third kappa shape index (κ3) is 1.82. The maximum Gasteiger partial charge on any atom is 0.151 e. The zero-order valence-corrected chi connectivity index (χ0v) is 7.79. The monoisotopic (exact) mass is 193 g/mol. The minimum atomic E-state index is -0.228. The van der Waals surface area contributed by atoms with Crippen LogP contribution in [-0.2, 0) is 11.2 Å². The molecule has 1 aliphatic heterocycles. The van der Waals surface area contributed by atoms with Gasteiger partial charge < -0.3 is 5.32 Å². The summed E-state index contributed by atoms with van der Waals surface area (Å²) in [5, 5.41) is 3.07. The molecule has 1 fully saturated rings. The standard InChI is InChI=1S/C11H12FNO/c12-9-4-2-1-3-8(9)7-10-11(14)5-6-13-10/h1-4,10,13H,5-7H2. The Hall–Kier alpha value is -1.22. The van der Waals surface area contributed by atoms with Crippen LogP contribution in [0.4, 0.5) is 4.39 Å². The summed E-state index contributed by atoms with van der Waals surface area (Å²) in [4.78, 5) is 11.3. The second-order valence-corrected chi connectivity index (χ2v) is 3.52. The molecule has 3 heteroatoms. The molecule has 2 nitrogen and oxygen atoms in total. The van der Waals surface area contributed by atoms with E-state index in [-0.39, 0.29) is 17.6 Å². The van der Waals surface area contributed by atoms with Gasteiger partial charge in [0.1, 0.15) is 5.82 Å². The summed E-state index contributed by atoms with van der Waals surface area (Å²) in [7, 11) is 0. The molecular formula is C11H12FNO. The first kappa shape index (κ1) is 9.34. The number of Topliss-reactive ketones (excluding diaryl/α,β-unsaturated/α-hetero) is 1. The molecule has 0 aliphatic carbocycles. The van der Waals surface area contributed by atoms with E-state index < -0.39 is 0 Å². The van der Waals surface area contributed by atoms with E-state index in [2.05, 4.69) is 5.32 Å². The zero-order valence-electron chi connectivity index (χ0n) is 7.79. The Bertz CT molecular complexity index is 351. The fourth-order valence-electron chi connectivity index (χ4n) is 1.73. The molecule has 0 aromatic heterocycles. The lowest BCUT2D eigenvalue weighted by Gasteiger charge is -2.09. The molecule has 0 saturated carbocycles. The Morgan fingerprint density at radius 1 is 1.43 bits per heavy atom. The van der Waals surface area contributed by atoms with E-state index >= 15 is 0 Å². The first-order valence-corrected chi connectivity index (χ1v) is 4.77. The highest BCUT2D eigenvalue weighted by atomic mass is 19.1. The summed E-state index contributed by atoms with van der Waals surface area (Å²) in [6.45, 7) is 0.720. The first-order valence-electron chi connectivity index (χ1n) is 4.77. The van der Waals surface area contributed by atoms with Crippen LogP contribution in [0.25, 0.3) is 0 Å². The van der Waals surface area contributed by atoms with Crippen LogP contribution in [0.3, 0.4) is 0 Å². The number of rotatable bonds is 2. The van der Waals surface area contributed by atoms with Crippen LogP contribution < -0.4 is 5.32 Å². The maximum absolute atomic E-state index is 13.2. The molecule has 0 bridgehead atoms. The molecule has 0 radical (unpaired) electrons. The van der Waals surface area contributed by atoms with Crippen LogP contribution in [0.15, 0.2) is 24.3 Å². The summed E-state index contributed by atoms with van der Waals surface area (Å²) in [6, 6.07) is 6.41. The highest BCUT2D eigenvalue weighted by Gasteiger charge is 2.24. The second-order valence-electron chi connectivity index (χ2n) is 3.52. The lowest BCUT2D eigenvalue weighted by molar-refractivity contribution is -0.118. The van der Waals surface area contributed by atoms with E-state index in [0.29, 0.717) is 18.4 Å². The summed E-state index contributed by atoms with van der Waals surface area (Å²) in [5.41, 5.74) is 0.611. The van der Waals surface area contributed by atoms with Gasteiger partial charge >= 0.3 is 0 Å². The SMILES string of the molecule is O=C1CCNC1Cc1ccccc1F. The molecular weight excluding hydrogens is 181 g/mol. The van der Waals surface area contributed by atoms with Gasteiger partial charge in [-0.25, -0.2) is 4.39 Å². The van der Waals surface area contributed by atoms with E-state index in [1.165, 1.54) is 6.07 Å². The Morgan fingerprint density at radius 2 is 2.21 bits per heavy atom. The molecule has 1 unspecified atom stereocenters. The van der Waals surface area contributed by atoms with Crippen molar-refractivity contribution >= 4 is 5.78 Å². The number of nitrogens with one attached hydrogen (secondary N) is 1. The van der Waals surface area contributed by atoms with Crippen molar-refractivity contribution in [3.8, 4) is 0 Å². The second kappa shape index (κ2) is 3.88. The van der Waals surface area contributed by atoms with E-state index in [1.54, 1.807) is 18.2 Å². The molecule has 0 spiro atoms. The van der Waals surface area contributed by atoms with Gasteiger partial charge in [0.15, 0.2) is 5.78 Å². The minimum Gasteiger partial charge on any atom is -0.307 e. The molecule has 1 saturated heterocycles. The van der Waals surface area contributed by atoms with Crippen LogP contribution in [-0.4, -0.2) is 18.4 Å². The predicted octanol–water partition coefficient (Wildman–Crippen LogP) is 1.30. The number of carbonyl (C=O) groups is 1. The van der Waals surface area contributed by atoms with Crippen molar-refractivity contribution in [1.29, 1.82) is 0 Å². The third-order valence-electron chi connectivity index (χ3n) is 2.53. The fraction of sp³-hybridized carbons (Fsp3) is 0.364. The Balaban J connectivity index is 2.10. The van der Waals surface area contributed by atoms with E-state index in [0.717, 1.165) is 6.54 Å². The van der Waals surface area contributed by atoms with Crippen molar-refractivity contribution in [2.24, 2.45) is 0 Å². The Kier molecular flexibility index (Phi) is 2.59. The summed E-state index contributed by atoms with van der Waals surface area (Å²) in [6.07, 6.45) is 1.03. The van der Waals surface area contributed by atoms with Gasteiger partial charge in [0, 0.05) is 13.0 Å². The average Bonchev–Trinajstić information content (AvgIpc) is 2.56. The fourth-order valence-corrected chi connectivity index (χ4v) is 1.73. The van der Waals surface area contributed by atoms with Gasteiger partial charge in [-0.2, -0.15) is 0 Å². The van der Waals surface area contributed by atoms with Crippen molar-refractivity contribution in [2.75, 3.05) is 6.54 Å². The smallest absolute Gasteiger partial charge is 0.151 e. The van der Waals surface area contributed by atoms with E-state index in [9.17, 15) is 9.18 Å². The van der Waals surface area contributed by atoms with Crippen molar-refractivity contribution < 1.29 is 9.18 Å². The van der Waals surface area contributed by atoms with Crippen LogP contribution in [0.1, 0.15) is 12.0 Å². The number of hydrogen-bond acceptors (Lipinski definition) is 2. The third-order valence-corrected chi connectivity index (χ3v) is 2.53. The summed E-state index contributed by atoms with van der Waals surface area (Å²) in [5.74, 6) is -0.0396. The molecule has 1 aromatic rings. The summed E-state index contributed by atoms with van der Waals surface area (Å²) >= 11 is 0. The number of halogens is 1. The minimum absolute atomic E-state index is 0.188. The van der Waals surface area contributed by atoms with Crippen molar-refractivity contribution in [3.63, 3.8) is 0 Å². The van der Waals surface area contributed by atoms with E-state index in [4.69, 9.17) is 0 Å². The Labute approximate surface area is 82.1 Å².